The Labute approximate surface area is 203 Å². The van der Waals surface area contributed by atoms with Gasteiger partial charge in [0, 0.05) is 38.2 Å². The van der Waals surface area contributed by atoms with Gasteiger partial charge in [-0.25, -0.2) is 14.2 Å². The minimum atomic E-state index is -0.458. The van der Waals surface area contributed by atoms with Gasteiger partial charge in [0.05, 0.1) is 0 Å². The molecule has 0 bridgehead atoms. The van der Waals surface area contributed by atoms with Crippen LogP contribution in [0.3, 0.4) is 0 Å². The third-order valence-electron chi connectivity index (χ3n) is 6.55. The largest absolute Gasteiger partial charge is 0.330 e. The molecular weight excluding hydrogens is 449 g/mol. The van der Waals surface area contributed by atoms with Crippen molar-refractivity contribution < 1.29 is 9.18 Å². The molecular formula is C26H34FN5O3. The summed E-state index contributed by atoms with van der Waals surface area (Å²) in [6.07, 6.45) is 3.77. The van der Waals surface area contributed by atoms with E-state index < -0.39 is 11.2 Å². The molecule has 35 heavy (non-hydrogen) atoms. The summed E-state index contributed by atoms with van der Waals surface area (Å²) in [5.41, 5.74) is 2.28. The molecule has 0 unspecified atom stereocenters. The number of carbonyl (C=O) groups is 1. The standard InChI is InChI=1S/C26H34FN5O3/c1-5-6-11-31-24-23(25(34)29-26(31)35)32(15-16(2)3)20(28-24)9-10-21(33)30-12-7-8-18-14-19(27)13-17(4)22(18)30/h13-14,16H,5-12,15H2,1-4H3,(H,29,34,35). The van der Waals surface area contributed by atoms with Crippen LogP contribution < -0.4 is 16.1 Å². The number of anilines is 1. The average Bonchev–Trinajstić information content (AvgIpc) is 3.14. The minimum Gasteiger partial charge on any atom is -0.322 e. The maximum absolute atomic E-state index is 13.9. The zero-order chi connectivity index (χ0) is 25.3. The number of fused-ring (bicyclic) bond motifs is 2. The number of imidazole rings is 1. The van der Waals surface area contributed by atoms with Gasteiger partial charge in [0.15, 0.2) is 11.2 Å². The molecule has 0 saturated heterocycles. The highest BCUT2D eigenvalue weighted by Gasteiger charge is 2.26. The second kappa shape index (κ2) is 10.2. The fourth-order valence-electron chi connectivity index (χ4n) is 5.02. The summed E-state index contributed by atoms with van der Waals surface area (Å²) in [4.78, 5) is 47.5. The molecule has 1 aliphatic heterocycles. The lowest BCUT2D eigenvalue weighted by Gasteiger charge is -2.31. The first-order chi connectivity index (χ1) is 16.7. The first-order valence-electron chi connectivity index (χ1n) is 12.5. The zero-order valence-corrected chi connectivity index (χ0v) is 21.0. The summed E-state index contributed by atoms with van der Waals surface area (Å²) in [5.74, 6) is 0.527. The summed E-state index contributed by atoms with van der Waals surface area (Å²) < 4.78 is 17.3. The number of H-pyrrole nitrogens is 1. The molecule has 1 aromatic carbocycles. The number of amides is 1. The average molecular weight is 484 g/mol. The molecule has 1 aliphatic rings. The lowest BCUT2D eigenvalue weighted by molar-refractivity contribution is -0.118. The van der Waals surface area contributed by atoms with Crippen molar-refractivity contribution >= 4 is 22.8 Å². The summed E-state index contributed by atoms with van der Waals surface area (Å²) in [7, 11) is 0. The monoisotopic (exact) mass is 483 g/mol. The van der Waals surface area contributed by atoms with E-state index in [4.69, 9.17) is 4.98 Å². The van der Waals surface area contributed by atoms with Gasteiger partial charge in [0.1, 0.15) is 11.6 Å². The molecule has 188 valence electrons. The molecule has 0 radical (unpaired) electrons. The molecule has 0 spiro atoms. The van der Waals surface area contributed by atoms with E-state index in [0.29, 0.717) is 43.0 Å². The van der Waals surface area contributed by atoms with Crippen LogP contribution in [0.25, 0.3) is 11.2 Å². The molecule has 0 atom stereocenters. The van der Waals surface area contributed by atoms with Gasteiger partial charge in [0.2, 0.25) is 5.91 Å². The van der Waals surface area contributed by atoms with Crippen molar-refractivity contribution in [1.29, 1.82) is 0 Å². The summed E-state index contributed by atoms with van der Waals surface area (Å²) >= 11 is 0. The molecule has 2 aromatic heterocycles. The highest BCUT2D eigenvalue weighted by molar-refractivity contribution is 5.95. The molecule has 1 N–H and O–H groups in total. The predicted octanol–water partition coefficient (Wildman–Crippen LogP) is 3.70. The Kier molecular flexibility index (Phi) is 7.23. The molecule has 0 aliphatic carbocycles. The number of hydrogen-bond acceptors (Lipinski definition) is 4. The van der Waals surface area contributed by atoms with Crippen LogP contribution in [0.5, 0.6) is 0 Å². The van der Waals surface area contributed by atoms with E-state index >= 15 is 0 Å². The molecule has 4 rings (SSSR count). The Morgan fingerprint density at radius 3 is 2.71 bits per heavy atom. The number of aromatic amines is 1. The predicted molar refractivity (Wildman–Crippen MR) is 134 cm³/mol. The number of halogens is 1. The molecule has 3 aromatic rings. The van der Waals surface area contributed by atoms with Gasteiger partial charge in [-0.15, -0.1) is 0 Å². The topological polar surface area (TPSA) is 93.0 Å². The lowest BCUT2D eigenvalue weighted by Crippen LogP contribution is -2.36. The molecule has 1 amide bonds. The molecule has 8 nitrogen and oxygen atoms in total. The van der Waals surface area contributed by atoms with Crippen molar-refractivity contribution in [2.45, 2.75) is 79.3 Å². The second-order valence-electron chi connectivity index (χ2n) is 9.85. The summed E-state index contributed by atoms with van der Waals surface area (Å²) in [6.45, 7) is 9.59. The first kappa shape index (κ1) is 24.9. The van der Waals surface area contributed by atoms with Crippen LogP contribution in [-0.2, 0) is 30.7 Å². The van der Waals surface area contributed by atoms with E-state index in [0.717, 1.165) is 42.5 Å². The van der Waals surface area contributed by atoms with Crippen LogP contribution in [0.2, 0.25) is 0 Å². The normalized spacial score (nSPS) is 13.6. The Balaban J connectivity index is 1.68. The van der Waals surface area contributed by atoms with Crippen LogP contribution in [0.15, 0.2) is 21.7 Å². The van der Waals surface area contributed by atoms with Gasteiger partial charge in [-0.3, -0.25) is 19.1 Å². The zero-order valence-electron chi connectivity index (χ0n) is 21.0. The van der Waals surface area contributed by atoms with Crippen molar-refractivity contribution in [2.24, 2.45) is 5.92 Å². The van der Waals surface area contributed by atoms with E-state index in [1.807, 2.05) is 18.4 Å². The molecule has 0 fully saturated rings. The van der Waals surface area contributed by atoms with Gasteiger partial charge >= 0.3 is 5.69 Å². The Bertz CT molecular complexity index is 1370. The summed E-state index contributed by atoms with van der Waals surface area (Å²) in [5, 5.41) is 0. The Morgan fingerprint density at radius 1 is 1.23 bits per heavy atom. The van der Waals surface area contributed by atoms with Crippen LogP contribution in [0.4, 0.5) is 10.1 Å². The van der Waals surface area contributed by atoms with Gasteiger partial charge in [-0.1, -0.05) is 27.2 Å². The minimum absolute atomic E-state index is 0.0545. The van der Waals surface area contributed by atoms with Crippen molar-refractivity contribution in [3.8, 4) is 0 Å². The fourth-order valence-corrected chi connectivity index (χ4v) is 5.02. The quantitative estimate of drug-likeness (QED) is 0.529. The highest BCUT2D eigenvalue weighted by atomic mass is 19.1. The van der Waals surface area contributed by atoms with Crippen LogP contribution in [-0.4, -0.2) is 31.6 Å². The van der Waals surface area contributed by atoms with Gasteiger partial charge < -0.3 is 9.47 Å². The van der Waals surface area contributed by atoms with Crippen molar-refractivity contribution in [2.75, 3.05) is 11.4 Å². The fraction of sp³-hybridized carbons (Fsp3) is 0.538. The van der Waals surface area contributed by atoms with E-state index in [1.54, 1.807) is 4.90 Å². The lowest BCUT2D eigenvalue weighted by atomic mass is 9.97. The maximum atomic E-state index is 13.9. The molecule has 3 heterocycles. The number of hydrogen-bond donors (Lipinski definition) is 1. The van der Waals surface area contributed by atoms with Gasteiger partial charge in [-0.2, -0.15) is 0 Å². The highest BCUT2D eigenvalue weighted by Crippen LogP contribution is 2.32. The Morgan fingerprint density at radius 2 is 2.00 bits per heavy atom. The number of aryl methyl sites for hydroxylation is 4. The van der Waals surface area contributed by atoms with Gasteiger partial charge in [-0.05, 0) is 55.4 Å². The SMILES string of the molecule is CCCCn1c(=O)[nH]c(=O)c2c1nc(CCC(=O)N1CCCc3cc(F)cc(C)c31)n2CC(C)C. The van der Waals surface area contributed by atoms with Crippen molar-refractivity contribution in [1.82, 2.24) is 19.1 Å². The number of rotatable bonds is 8. The van der Waals surface area contributed by atoms with E-state index in [9.17, 15) is 18.8 Å². The third-order valence-corrected chi connectivity index (χ3v) is 6.55. The van der Waals surface area contributed by atoms with E-state index in [1.165, 1.54) is 16.7 Å². The number of carbonyl (C=O) groups excluding carboxylic acids is 1. The molecule has 9 heteroatoms. The summed E-state index contributed by atoms with van der Waals surface area (Å²) in [6, 6.07) is 2.99. The number of benzene rings is 1. The number of nitrogens with one attached hydrogen (secondary N) is 1. The maximum Gasteiger partial charge on any atom is 0.330 e. The number of nitrogens with zero attached hydrogens (tertiary/aromatic N) is 4. The van der Waals surface area contributed by atoms with E-state index in [-0.39, 0.29) is 24.1 Å². The van der Waals surface area contributed by atoms with Crippen LogP contribution in [0, 0.1) is 18.7 Å². The smallest absolute Gasteiger partial charge is 0.322 e. The second-order valence-corrected chi connectivity index (χ2v) is 9.85. The van der Waals surface area contributed by atoms with E-state index in [2.05, 4.69) is 18.8 Å². The van der Waals surface area contributed by atoms with Crippen molar-refractivity contribution in [3.05, 3.63) is 55.7 Å². The van der Waals surface area contributed by atoms with Crippen molar-refractivity contribution in [3.63, 3.8) is 0 Å². The third kappa shape index (κ3) is 4.94. The van der Waals surface area contributed by atoms with Crippen LogP contribution >= 0.6 is 0 Å². The van der Waals surface area contributed by atoms with Crippen LogP contribution in [0.1, 0.15) is 63.4 Å². The first-order valence-corrected chi connectivity index (χ1v) is 12.5. The van der Waals surface area contributed by atoms with Gasteiger partial charge in [0.25, 0.3) is 5.56 Å². The number of aromatic nitrogens is 4. The Hall–Kier alpha value is -3.23. The molecule has 0 saturated carbocycles. The number of unbranched alkanes of at least 4 members (excludes halogenated alkanes) is 1.